The van der Waals surface area contributed by atoms with Crippen molar-refractivity contribution < 1.29 is 14.3 Å². The first kappa shape index (κ1) is 8.88. The monoisotopic (exact) mass is 182 g/mol. The summed E-state index contributed by atoms with van der Waals surface area (Å²) in [6.07, 6.45) is 1.47. The van der Waals surface area contributed by atoms with Gasteiger partial charge in [-0.2, -0.15) is 0 Å². The molecule has 2 saturated heterocycles. The van der Waals surface area contributed by atoms with Crippen molar-refractivity contribution in [3.05, 3.63) is 0 Å². The molecule has 0 radical (unpaired) electrons. The minimum absolute atomic E-state index is 0.221. The highest BCUT2D eigenvalue weighted by Gasteiger charge is 2.58. The fourth-order valence-electron chi connectivity index (χ4n) is 2.50. The number of fused-ring (bicyclic) bond motifs is 3. The highest BCUT2D eigenvalue weighted by atomic mass is 16.5. The number of hydrogen-bond donors (Lipinski definition) is 0. The summed E-state index contributed by atoms with van der Waals surface area (Å²) in [5, 5.41) is 0. The SMILES string of the molecule is CC12CCC(C(=O)C1=O)C(C)(C)O2. The van der Waals surface area contributed by atoms with Gasteiger partial charge in [-0.1, -0.05) is 0 Å². The molecule has 2 bridgehead atoms. The third kappa shape index (κ3) is 0.998. The van der Waals surface area contributed by atoms with E-state index < -0.39 is 11.2 Å². The molecule has 13 heavy (non-hydrogen) atoms. The number of carbonyl (C=O) groups is 2. The molecule has 0 N–H and O–H groups in total. The zero-order chi connectivity index (χ0) is 9.85. The van der Waals surface area contributed by atoms with Crippen LogP contribution in [0.1, 0.15) is 33.6 Å². The molecule has 1 aliphatic carbocycles. The largest absolute Gasteiger partial charge is 0.360 e. The predicted octanol–water partition coefficient (Wildman–Crippen LogP) is 1.10. The molecule has 2 heterocycles. The topological polar surface area (TPSA) is 43.4 Å². The third-order valence-electron chi connectivity index (χ3n) is 3.26. The summed E-state index contributed by atoms with van der Waals surface area (Å²) in [6.45, 7) is 5.50. The van der Waals surface area contributed by atoms with Gasteiger partial charge in [0.05, 0.1) is 11.5 Å². The Labute approximate surface area is 77.4 Å². The van der Waals surface area contributed by atoms with E-state index in [0.717, 1.165) is 6.42 Å². The lowest BCUT2D eigenvalue weighted by Crippen LogP contribution is -2.64. The molecule has 0 aromatic heterocycles. The van der Waals surface area contributed by atoms with E-state index >= 15 is 0 Å². The van der Waals surface area contributed by atoms with Gasteiger partial charge >= 0.3 is 0 Å². The summed E-state index contributed by atoms with van der Waals surface area (Å²) in [4.78, 5) is 23.1. The van der Waals surface area contributed by atoms with Gasteiger partial charge in [-0.3, -0.25) is 9.59 Å². The van der Waals surface area contributed by atoms with Crippen LogP contribution in [0, 0.1) is 5.92 Å². The van der Waals surface area contributed by atoms with E-state index in [1.807, 2.05) is 13.8 Å². The van der Waals surface area contributed by atoms with E-state index in [2.05, 4.69) is 0 Å². The van der Waals surface area contributed by atoms with E-state index in [4.69, 9.17) is 4.74 Å². The number of ether oxygens (including phenoxy) is 1. The Morgan fingerprint density at radius 1 is 1.31 bits per heavy atom. The molecule has 3 rings (SSSR count). The van der Waals surface area contributed by atoms with Crippen molar-refractivity contribution in [1.82, 2.24) is 0 Å². The van der Waals surface area contributed by atoms with Crippen LogP contribution in [0.15, 0.2) is 0 Å². The van der Waals surface area contributed by atoms with Gasteiger partial charge in [0.1, 0.15) is 5.60 Å². The van der Waals surface area contributed by atoms with Crippen molar-refractivity contribution in [1.29, 1.82) is 0 Å². The van der Waals surface area contributed by atoms with Gasteiger partial charge in [0.25, 0.3) is 0 Å². The first-order valence-corrected chi connectivity index (χ1v) is 4.66. The zero-order valence-corrected chi connectivity index (χ0v) is 8.22. The summed E-state index contributed by atoms with van der Waals surface area (Å²) in [5.74, 6) is -0.782. The highest BCUT2D eigenvalue weighted by molar-refractivity contribution is 6.42. The van der Waals surface area contributed by atoms with Crippen LogP contribution in [0.3, 0.4) is 0 Å². The van der Waals surface area contributed by atoms with Crippen LogP contribution < -0.4 is 0 Å². The molecule has 2 unspecified atom stereocenters. The lowest BCUT2D eigenvalue weighted by molar-refractivity contribution is -0.216. The Morgan fingerprint density at radius 3 is 2.38 bits per heavy atom. The Kier molecular flexibility index (Phi) is 1.51. The maximum atomic E-state index is 11.6. The molecule has 1 saturated carbocycles. The highest BCUT2D eigenvalue weighted by Crippen LogP contribution is 2.45. The van der Waals surface area contributed by atoms with Gasteiger partial charge in [0.2, 0.25) is 11.6 Å². The van der Waals surface area contributed by atoms with Crippen molar-refractivity contribution in [3.8, 4) is 0 Å². The fourth-order valence-corrected chi connectivity index (χ4v) is 2.50. The van der Waals surface area contributed by atoms with E-state index in [0.29, 0.717) is 6.42 Å². The van der Waals surface area contributed by atoms with Crippen molar-refractivity contribution in [2.24, 2.45) is 5.92 Å². The van der Waals surface area contributed by atoms with Gasteiger partial charge in [0, 0.05) is 0 Å². The number of Topliss-reactive ketones (excluding diaryl/α,β-unsaturated/α-hetero) is 2. The van der Waals surface area contributed by atoms with Crippen LogP contribution >= 0.6 is 0 Å². The van der Waals surface area contributed by atoms with Crippen LogP contribution in [0.2, 0.25) is 0 Å². The Bertz CT molecular complexity index is 293. The summed E-state index contributed by atoms with van der Waals surface area (Å²) in [6, 6.07) is 0. The second-order valence-electron chi connectivity index (χ2n) is 4.72. The van der Waals surface area contributed by atoms with Crippen LogP contribution in [0.4, 0.5) is 0 Å². The minimum Gasteiger partial charge on any atom is -0.360 e. The summed E-state index contributed by atoms with van der Waals surface area (Å²) >= 11 is 0. The first-order chi connectivity index (χ1) is 5.87. The maximum absolute atomic E-state index is 11.6. The Balaban J connectivity index is 2.45. The molecule has 3 heteroatoms. The third-order valence-corrected chi connectivity index (χ3v) is 3.26. The second-order valence-corrected chi connectivity index (χ2v) is 4.72. The van der Waals surface area contributed by atoms with Crippen LogP contribution in [0.5, 0.6) is 0 Å². The van der Waals surface area contributed by atoms with Gasteiger partial charge < -0.3 is 4.74 Å². The number of rotatable bonds is 0. The molecule has 0 amide bonds. The standard InChI is InChI=1S/C10H14O3/c1-9(2)6-4-5-10(3,13-9)8(12)7(6)11/h6H,4-5H2,1-3H3. The molecule has 0 spiro atoms. The number of hydrogen-bond acceptors (Lipinski definition) is 3. The van der Waals surface area contributed by atoms with Crippen molar-refractivity contribution in [2.45, 2.75) is 44.8 Å². The first-order valence-electron chi connectivity index (χ1n) is 4.66. The zero-order valence-electron chi connectivity index (χ0n) is 8.22. The van der Waals surface area contributed by atoms with Gasteiger partial charge in [-0.25, -0.2) is 0 Å². The van der Waals surface area contributed by atoms with E-state index in [-0.39, 0.29) is 17.5 Å². The number of carbonyl (C=O) groups excluding carboxylic acids is 2. The van der Waals surface area contributed by atoms with E-state index in [1.165, 1.54) is 0 Å². The molecule has 2 aliphatic heterocycles. The average molecular weight is 182 g/mol. The lowest BCUT2D eigenvalue weighted by Gasteiger charge is -2.51. The molecule has 2 atom stereocenters. The Morgan fingerprint density at radius 2 is 1.92 bits per heavy atom. The molecular weight excluding hydrogens is 168 g/mol. The molecule has 0 aromatic rings. The Hall–Kier alpha value is -0.700. The van der Waals surface area contributed by atoms with E-state index in [9.17, 15) is 9.59 Å². The normalized spacial score (nSPS) is 42.5. The van der Waals surface area contributed by atoms with Gasteiger partial charge in [0.15, 0.2) is 0 Å². The van der Waals surface area contributed by atoms with Gasteiger partial charge in [-0.05, 0) is 33.6 Å². The van der Waals surface area contributed by atoms with Crippen molar-refractivity contribution in [2.75, 3.05) is 0 Å². The maximum Gasteiger partial charge on any atom is 0.230 e. The average Bonchev–Trinajstić information content (AvgIpc) is 1.97. The summed E-state index contributed by atoms with van der Waals surface area (Å²) in [5.41, 5.74) is -1.30. The minimum atomic E-state index is -0.838. The van der Waals surface area contributed by atoms with Crippen LogP contribution in [-0.2, 0) is 14.3 Å². The molecule has 3 nitrogen and oxygen atoms in total. The number of ketones is 2. The van der Waals surface area contributed by atoms with Crippen LogP contribution in [0.25, 0.3) is 0 Å². The quantitative estimate of drug-likeness (QED) is 0.527. The predicted molar refractivity (Wildman–Crippen MR) is 46.3 cm³/mol. The molecular formula is C10H14O3. The smallest absolute Gasteiger partial charge is 0.230 e. The molecule has 3 aliphatic rings. The van der Waals surface area contributed by atoms with Gasteiger partial charge in [-0.15, -0.1) is 0 Å². The van der Waals surface area contributed by atoms with E-state index in [1.54, 1.807) is 6.92 Å². The molecule has 0 aromatic carbocycles. The van der Waals surface area contributed by atoms with Crippen LogP contribution in [-0.4, -0.2) is 22.8 Å². The summed E-state index contributed by atoms with van der Waals surface area (Å²) < 4.78 is 5.67. The molecule has 3 fully saturated rings. The summed E-state index contributed by atoms with van der Waals surface area (Å²) in [7, 11) is 0. The fraction of sp³-hybridized carbons (Fsp3) is 0.800. The second kappa shape index (κ2) is 2.21. The van der Waals surface area contributed by atoms with Crippen molar-refractivity contribution >= 4 is 11.6 Å². The van der Waals surface area contributed by atoms with Crippen molar-refractivity contribution in [3.63, 3.8) is 0 Å². The lowest BCUT2D eigenvalue weighted by atomic mass is 9.67. The molecule has 72 valence electrons.